The first-order valence-corrected chi connectivity index (χ1v) is 9.10. The summed E-state index contributed by atoms with van der Waals surface area (Å²) in [5, 5.41) is 13.5. The maximum Gasteiger partial charge on any atom is 0.446 e. The summed E-state index contributed by atoms with van der Waals surface area (Å²) in [7, 11) is 0. The molecule has 1 heterocycles. The van der Waals surface area contributed by atoms with E-state index in [2.05, 4.69) is 5.10 Å². The highest BCUT2D eigenvalue weighted by Gasteiger charge is 2.37. The van der Waals surface area contributed by atoms with Crippen molar-refractivity contribution in [3.63, 3.8) is 0 Å². The van der Waals surface area contributed by atoms with E-state index in [9.17, 15) is 31.1 Å². The predicted octanol–water partition coefficient (Wildman–Crippen LogP) is 5.86. The van der Waals surface area contributed by atoms with Crippen LogP contribution in [0, 0.1) is 11.3 Å². The molecule has 1 aromatic heterocycles. The summed E-state index contributed by atoms with van der Waals surface area (Å²) < 4.78 is 78.0. The summed E-state index contributed by atoms with van der Waals surface area (Å²) in [6, 6.07) is 2.36. The van der Waals surface area contributed by atoms with Gasteiger partial charge in [0.25, 0.3) is 0 Å². The first-order valence-electron chi connectivity index (χ1n) is 6.99. The smallest absolute Gasteiger partial charge is 0.309 e. The summed E-state index contributed by atoms with van der Waals surface area (Å²) >= 11 is 16.3. The maximum atomic E-state index is 12.9. The Bertz CT molecular complexity index is 976. The largest absolute Gasteiger partial charge is 0.446 e. The van der Waals surface area contributed by atoms with Crippen molar-refractivity contribution in [1.29, 1.82) is 5.26 Å². The SMILES string of the molecule is N#Cc1nn(-c2c(Cl)cc(C(F)(F)F)cc2Cl)c(NC(=O)CCl)c1SC(F)(F)F. The van der Waals surface area contributed by atoms with Gasteiger partial charge in [-0.3, -0.25) is 4.79 Å². The number of rotatable bonds is 4. The van der Waals surface area contributed by atoms with E-state index in [1.54, 1.807) is 0 Å². The average molecular weight is 498 g/mol. The van der Waals surface area contributed by atoms with Gasteiger partial charge in [-0.05, 0) is 23.9 Å². The van der Waals surface area contributed by atoms with Crippen molar-refractivity contribution in [1.82, 2.24) is 9.78 Å². The van der Waals surface area contributed by atoms with Gasteiger partial charge in [0.05, 0.1) is 20.5 Å². The molecule has 0 fully saturated rings. The fourth-order valence-corrected chi connectivity index (χ4v) is 3.42. The minimum Gasteiger partial charge on any atom is -0.309 e. The molecule has 5 nitrogen and oxygen atoms in total. The van der Waals surface area contributed by atoms with Crippen molar-refractivity contribution in [3.8, 4) is 11.8 Å². The zero-order valence-electron chi connectivity index (χ0n) is 13.4. The molecule has 0 bridgehead atoms. The lowest BCUT2D eigenvalue weighted by atomic mass is 10.2. The number of halogens is 9. The van der Waals surface area contributed by atoms with Crippen LogP contribution in [0.4, 0.5) is 32.2 Å². The van der Waals surface area contributed by atoms with E-state index in [1.807, 2.05) is 5.32 Å². The van der Waals surface area contributed by atoms with E-state index < -0.39 is 72.9 Å². The highest BCUT2D eigenvalue weighted by Crippen LogP contribution is 2.45. The van der Waals surface area contributed by atoms with Gasteiger partial charge in [0.15, 0.2) is 11.5 Å². The van der Waals surface area contributed by atoms with Gasteiger partial charge in [0.2, 0.25) is 5.91 Å². The third-order valence-corrected chi connectivity index (χ3v) is 4.74. The second-order valence-electron chi connectivity index (χ2n) is 5.07. The lowest BCUT2D eigenvalue weighted by molar-refractivity contribution is -0.137. The predicted molar refractivity (Wildman–Crippen MR) is 94.6 cm³/mol. The Morgan fingerprint density at radius 1 is 1.21 bits per heavy atom. The molecular formula is C14H5Cl3F6N4OS. The Labute approximate surface area is 177 Å². The van der Waals surface area contributed by atoms with Crippen molar-refractivity contribution < 1.29 is 31.1 Å². The van der Waals surface area contributed by atoms with Crippen LogP contribution in [0.25, 0.3) is 5.69 Å². The highest BCUT2D eigenvalue weighted by molar-refractivity contribution is 8.00. The quantitative estimate of drug-likeness (QED) is 0.326. The van der Waals surface area contributed by atoms with Crippen LogP contribution >= 0.6 is 46.6 Å². The molecule has 1 aromatic carbocycles. The van der Waals surface area contributed by atoms with Crippen molar-refractivity contribution in [2.75, 3.05) is 11.2 Å². The standard InChI is InChI=1S/C14H5Cl3F6N4OS/c15-3-9(28)25-12-11(29-14(21,22)23)8(4-24)26-27(12)10-6(16)1-5(2-7(10)17)13(18,19)20/h1-2H,3H2,(H,25,28). The summed E-state index contributed by atoms with van der Waals surface area (Å²) in [6.07, 6.45) is -4.80. The molecule has 0 unspecified atom stereocenters. The number of aromatic nitrogens is 2. The van der Waals surface area contributed by atoms with Gasteiger partial charge in [-0.2, -0.15) is 36.7 Å². The third-order valence-electron chi connectivity index (χ3n) is 3.10. The number of hydrogen-bond acceptors (Lipinski definition) is 4. The van der Waals surface area contributed by atoms with Crippen LogP contribution < -0.4 is 5.32 Å². The number of thioether (sulfide) groups is 1. The van der Waals surface area contributed by atoms with Crippen molar-refractivity contribution in [3.05, 3.63) is 33.4 Å². The Morgan fingerprint density at radius 3 is 2.17 bits per heavy atom. The monoisotopic (exact) mass is 496 g/mol. The van der Waals surface area contributed by atoms with E-state index in [4.69, 9.17) is 40.1 Å². The molecule has 1 amide bonds. The fraction of sp³-hybridized carbons (Fsp3) is 0.214. The molecule has 0 saturated carbocycles. The second kappa shape index (κ2) is 8.51. The van der Waals surface area contributed by atoms with Crippen molar-refractivity contribution >= 4 is 58.3 Å². The lowest BCUT2D eigenvalue weighted by Crippen LogP contribution is -2.17. The lowest BCUT2D eigenvalue weighted by Gasteiger charge is -2.15. The molecule has 2 aromatic rings. The topological polar surface area (TPSA) is 70.7 Å². The van der Waals surface area contributed by atoms with E-state index >= 15 is 0 Å². The number of benzene rings is 1. The number of carbonyl (C=O) groups excluding carboxylic acids is 1. The first-order chi connectivity index (χ1) is 13.3. The minimum absolute atomic E-state index is 0.472. The van der Waals surface area contributed by atoms with Crippen LogP contribution in [0.5, 0.6) is 0 Å². The van der Waals surface area contributed by atoms with Gasteiger partial charge in [-0.15, -0.1) is 11.6 Å². The van der Waals surface area contributed by atoms with Gasteiger partial charge in [-0.25, -0.2) is 4.68 Å². The van der Waals surface area contributed by atoms with Crippen LogP contribution in [0.3, 0.4) is 0 Å². The van der Waals surface area contributed by atoms with Crippen LogP contribution in [-0.4, -0.2) is 27.1 Å². The molecule has 15 heteroatoms. The fourth-order valence-electron chi connectivity index (χ4n) is 2.06. The molecule has 29 heavy (non-hydrogen) atoms. The molecule has 0 radical (unpaired) electrons. The minimum atomic E-state index is -4.88. The van der Waals surface area contributed by atoms with E-state index in [0.717, 1.165) is 0 Å². The second-order valence-corrected chi connectivity index (χ2v) is 7.22. The molecule has 1 N–H and O–H groups in total. The molecule has 156 valence electrons. The molecule has 2 rings (SSSR count). The maximum absolute atomic E-state index is 12.9. The number of nitriles is 1. The van der Waals surface area contributed by atoms with Gasteiger partial charge in [-0.1, -0.05) is 23.2 Å². The molecule has 0 atom stereocenters. The summed E-state index contributed by atoms with van der Waals surface area (Å²) in [5.74, 6) is -2.32. The van der Waals surface area contributed by atoms with Gasteiger partial charge >= 0.3 is 11.7 Å². The van der Waals surface area contributed by atoms with Crippen molar-refractivity contribution in [2.45, 2.75) is 16.6 Å². The summed E-state index contributed by atoms with van der Waals surface area (Å²) in [5.41, 5.74) is -7.35. The number of anilines is 1. The van der Waals surface area contributed by atoms with Crippen molar-refractivity contribution in [2.24, 2.45) is 0 Å². The highest BCUT2D eigenvalue weighted by atomic mass is 35.5. The van der Waals surface area contributed by atoms with Crippen LogP contribution in [0.1, 0.15) is 11.3 Å². The Hall–Kier alpha value is -1.81. The molecule has 0 spiro atoms. The zero-order chi connectivity index (χ0) is 22.1. The zero-order valence-corrected chi connectivity index (χ0v) is 16.5. The Morgan fingerprint density at radius 2 is 1.76 bits per heavy atom. The summed E-state index contributed by atoms with van der Waals surface area (Å²) in [4.78, 5) is 10.8. The van der Waals surface area contributed by atoms with Crippen LogP contribution in [0.2, 0.25) is 10.0 Å². The third kappa shape index (κ3) is 5.42. The van der Waals surface area contributed by atoms with E-state index in [1.165, 1.54) is 6.07 Å². The molecule has 0 saturated heterocycles. The number of hydrogen-bond donors (Lipinski definition) is 1. The van der Waals surface area contributed by atoms with Gasteiger partial charge in [0, 0.05) is 0 Å². The molecule has 0 aliphatic carbocycles. The van der Waals surface area contributed by atoms with E-state index in [0.29, 0.717) is 16.8 Å². The normalized spacial score (nSPS) is 12.0. The Kier molecular flexibility index (Phi) is 6.89. The summed E-state index contributed by atoms with van der Waals surface area (Å²) in [6.45, 7) is 0. The van der Waals surface area contributed by atoms with Gasteiger partial charge in [0.1, 0.15) is 17.6 Å². The first kappa shape index (κ1) is 23.5. The number of nitrogens with zero attached hydrogens (tertiary/aromatic N) is 3. The number of carbonyl (C=O) groups is 1. The van der Waals surface area contributed by atoms with E-state index in [-0.39, 0.29) is 0 Å². The van der Waals surface area contributed by atoms with Gasteiger partial charge < -0.3 is 5.32 Å². The van der Waals surface area contributed by atoms with Crippen LogP contribution in [0.15, 0.2) is 17.0 Å². The number of alkyl halides is 7. The number of amides is 1. The number of nitrogens with one attached hydrogen (secondary N) is 1. The molecular weight excluding hydrogens is 493 g/mol. The molecule has 0 aliphatic heterocycles. The van der Waals surface area contributed by atoms with Crippen LogP contribution in [-0.2, 0) is 11.0 Å². The molecule has 0 aliphatic rings. The Balaban J connectivity index is 2.79. The average Bonchev–Trinajstić information content (AvgIpc) is 2.89.